The maximum atomic E-state index is 13.9. The van der Waals surface area contributed by atoms with Crippen LogP contribution >= 0.6 is 0 Å². The average Bonchev–Trinajstić information content (AvgIpc) is 4.01. The van der Waals surface area contributed by atoms with Gasteiger partial charge in [0, 0.05) is 6.54 Å². The van der Waals surface area contributed by atoms with E-state index in [9.17, 15) is 19.2 Å². The van der Waals surface area contributed by atoms with E-state index in [4.69, 9.17) is 9.72 Å². The van der Waals surface area contributed by atoms with Crippen molar-refractivity contribution in [2.24, 2.45) is 5.92 Å². The van der Waals surface area contributed by atoms with Crippen LogP contribution in [0.2, 0.25) is 0 Å². The molecule has 1 unspecified atom stereocenters. The second-order valence-electron chi connectivity index (χ2n) is 15.2. The fraction of sp³-hybridized carbons (Fsp3) is 0.429. The van der Waals surface area contributed by atoms with E-state index in [1.807, 2.05) is 63.5 Å². The Morgan fingerprint density at radius 1 is 0.875 bits per heavy atom. The lowest BCUT2D eigenvalue weighted by molar-refractivity contribution is -0.134. The van der Waals surface area contributed by atoms with Crippen molar-refractivity contribution in [1.29, 1.82) is 0 Å². The number of rotatable bonds is 12. The van der Waals surface area contributed by atoms with Gasteiger partial charge in [-0.2, -0.15) is 0 Å². The summed E-state index contributed by atoms with van der Waals surface area (Å²) >= 11 is 0. The smallest absolute Gasteiger partial charge is 0.407 e. The molecule has 6 rings (SSSR count). The van der Waals surface area contributed by atoms with Crippen LogP contribution in [0.15, 0.2) is 73.1 Å². The van der Waals surface area contributed by atoms with Gasteiger partial charge in [-0.05, 0) is 72.6 Å². The van der Waals surface area contributed by atoms with E-state index in [0.29, 0.717) is 23.8 Å². The number of methoxy groups -OCH3 is 2. The Morgan fingerprint density at radius 3 is 2.23 bits per heavy atom. The highest BCUT2D eigenvalue weighted by Gasteiger charge is 2.37. The molecule has 2 aliphatic rings. The summed E-state index contributed by atoms with van der Waals surface area (Å²) in [6.45, 7) is 8.42. The number of likely N-dealkylation sites (tertiary alicyclic amines) is 1. The van der Waals surface area contributed by atoms with Crippen LogP contribution in [0, 0.1) is 5.92 Å². The zero-order valence-corrected chi connectivity index (χ0v) is 32.8. The second-order valence-corrected chi connectivity index (χ2v) is 15.2. The van der Waals surface area contributed by atoms with Crippen molar-refractivity contribution in [3.8, 4) is 11.3 Å². The molecular formula is C42H52N8O6. The Hall–Kier alpha value is -5.92. The van der Waals surface area contributed by atoms with Gasteiger partial charge in [0.2, 0.25) is 5.91 Å². The molecule has 3 heterocycles. The zero-order chi connectivity index (χ0) is 40.0. The summed E-state index contributed by atoms with van der Waals surface area (Å²) in [7, 11) is 2.55. The first kappa shape index (κ1) is 39.8. The highest BCUT2D eigenvalue weighted by molar-refractivity contribution is 5.87. The molecule has 1 aliphatic carbocycles. The van der Waals surface area contributed by atoms with E-state index in [-0.39, 0.29) is 29.2 Å². The molecule has 14 heteroatoms. The Morgan fingerprint density at radius 2 is 1.57 bits per heavy atom. The predicted octanol–water partition coefficient (Wildman–Crippen LogP) is 6.64. The monoisotopic (exact) mass is 764 g/mol. The number of carbonyl (C=O) groups is 4. The minimum absolute atomic E-state index is 0.0535. The minimum Gasteiger partial charge on any atom is -0.453 e. The Bertz CT molecular complexity index is 2040. The molecule has 4 amide bonds. The number of ether oxygens (including phenoxy) is 2. The van der Waals surface area contributed by atoms with Crippen molar-refractivity contribution in [2.45, 2.75) is 89.4 Å². The molecule has 5 atom stereocenters. The number of alkyl carbamates (subject to hydrolysis) is 2. The lowest BCUT2D eigenvalue weighted by atomic mass is 9.71. The quantitative estimate of drug-likeness (QED) is 0.106. The lowest BCUT2D eigenvalue weighted by Gasteiger charge is -2.33. The lowest BCUT2D eigenvalue weighted by Crippen LogP contribution is -2.50. The highest BCUT2D eigenvalue weighted by atomic mass is 16.5. The summed E-state index contributed by atoms with van der Waals surface area (Å²) in [6.07, 6.45) is 8.82. The molecule has 296 valence electrons. The summed E-state index contributed by atoms with van der Waals surface area (Å²) in [5.74, 6) is 0.710. The van der Waals surface area contributed by atoms with Crippen molar-refractivity contribution in [2.75, 3.05) is 20.8 Å². The molecule has 1 saturated heterocycles. The Labute approximate surface area is 327 Å². The number of imidazole rings is 2. The van der Waals surface area contributed by atoms with Gasteiger partial charge in [-0.3, -0.25) is 9.59 Å². The molecule has 56 heavy (non-hydrogen) atoms. The molecule has 1 aliphatic heterocycles. The van der Waals surface area contributed by atoms with E-state index < -0.39 is 30.3 Å². The molecular weight excluding hydrogens is 713 g/mol. The van der Waals surface area contributed by atoms with Gasteiger partial charge in [-0.15, -0.1) is 0 Å². The third-order valence-corrected chi connectivity index (χ3v) is 11.0. The van der Waals surface area contributed by atoms with Gasteiger partial charge in [0.15, 0.2) is 0 Å². The van der Waals surface area contributed by atoms with Crippen LogP contribution in [-0.2, 0) is 24.5 Å². The third kappa shape index (κ3) is 8.79. The number of allylic oxidation sites excluding steroid dienone is 2. The second kappa shape index (κ2) is 17.3. The summed E-state index contributed by atoms with van der Waals surface area (Å²) in [5.41, 5.74) is 5.86. The van der Waals surface area contributed by atoms with Gasteiger partial charge in [0.25, 0.3) is 5.91 Å². The number of aromatic amines is 2. The van der Waals surface area contributed by atoms with Gasteiger partial charge in [-0.25, -0.2) is 19.6 Å². The standard InChI is InChI=1S/C42H52N8O6/c1-25(2)34(48-40(53)55-5)38(51)45-26(3)36-43-23-32(46-36)28-18-20-42(4,21-19-28)30-16-14-27(15-17-30)31-24-44-37(47-31)33-13-10-22-50(33)39(52)35(49-41(54)56-6)29-11-8-7-9-12-29/h7-9,11-12,14-18,23-26,33-35H,10,13,19-22H2,1-6H3,(H,43,46)(H,44,47)(H,45,51)(H,48,53)(H,49,54)/t26-,33-,34-,35+,42?/m0/s1. The molecule has 0 radical (unpaired) electrons. The fourth-order valence-corrected chi connectivity index (χ4v) is 7.58. The number of carbonyl (C=O) groups excluding carboxylic acids is 4. The molecule has 0 bridgehead atoms. The molecule has 2 aromatic heterocycles. The highest BCUT2D eigenvalue weighted by Crippen LogP contribution is 2.41. The molecule has 4 aromatic rings. The summed E-state index contributed by atoms with van der Waals surface area (Å²) in [5, 5.41) is 8.27. The maximum absolute atomic E-state index is 13.9. The maximum Gasteiger partial charge on any atom is 0.407 e. The number of nitrogens with one attached hydrogen (secondary N) is 5. The first-order valence-electron chi connectivity index (χ1n) is 19.2. The van der Waals surface area contributed by atoms with Crippen LogP contribution in [0.25, 0.3) is 16.8 Å². The minimum atomic E-state index is -0.875. The SMILES string of the molecule is COC(=O)N[C@H](C(=O)N[C@@H](C)c1ncc(C2=CCC(C)(c3ccc(-c4cnc([C@@H]5CCCN5C(=O)[C@H](NC(=O)OC)c5ccccc5)[nH]4)cc3)CC2)[nH]1)C(C)C. The van der Waals surface area contributed by atoms with Gasteiger partial charge in [-0.1, -0.05) is 81.4 Å². The van der Waals surface area contributed by atoms with E-state index in [0.717, 1.165) is 49.1 Å². The summed E-state index contributed by atoms with van der Waals surface area (Å²) in [6, 6.07) is 15.5. The summed E-state index contributed by atoms with van der Waals surface area (Å²) < 4.78 is 9.51. The topological polar surface area (TPSA) is 183 Å². The van der Waals surface area contributed by atoms with E-state index in [2.05, 4.69) is 72.9 Å². The first-order valence-corrected chi connectivity index (χ1v) is 19.2. The van der Waals surface area contributed by atoms with Crippen LogP contribution in [0.5, 0.6) is 0 Å². The Kier molecular flexibility index (Phi) is 12.3. The Balaban J connectivity index is 1.09. The number of benzene rings is 2. The number of aromatic nitrogens is 4. The fourth-order valence-electron chi connectivity index (χ4n) is 7.58. The van der Waals surface area contributed by atoms with Gasteiger partial charge in [0.05, 0.1) is 50.1 Å². The van der Waals surface area contributed by atoms with Crippen LogP contribution in [0.4, 0.5) is 9.59 Å². The van der Waals surface area contributed by atoms with Crippen molar-refractivity contribution < 1.29 is 28.7 Å². The number of nitrogens with zero attached hydrogens (tertiary/aromatic N) is 3. The normalized spacial score (nSPS) is 19.7. The molecule has 5 N–H and O–H groups in total. The number of hydrogen-bond donors (Lipinski definition) is 5. The molecule has 0 spiro atoms. The van der Waals surface area contributed by atoms with Crippen LogP contribution in [0.3, 0.4) is 0 Å². The first-order chi connectivity index (χ1) is 26.9. The largest absolute Gasteiger partial charge is 0.453 e. The molecule has 14 nitrogen and oxygen atoms in total. The van der Waals surface area contributed by atoms with Gasteiger partial charge < -0.3 is 40.3 Å². The average molecular weight is 765 g/mol. The van der Waals surface area contributed by atoms with E-state index in [1.165, 1.54) is 25.4 Å². The number of amides is 4. The molecule has 2 aromatic carbocycles. The molecule has 0 saturated carbocycles. The van der Waals surface area contributed by atoms with Crippen LogP contribution in [0.1, 0.15) is 106 Å². The number of hydrogen-bond acceptors (Lipinski definition) is 8. The predicted molar refractivity (Wildman–Crippen MR) is 211 cm³/mol. The number of H-pyrrole nitrogens is 2. The van der Waals surface area contributed by atoms with Crippen molar-refractivity contribution >= 4 is 29.6 Å². The van der Waals surface area contributed by atoms with Gasteiger partial charge in [0.1, 0.15) is 23.7 Å². The summed E-state index contributed by atoms with van der Waals surface area (Å²) in [4.78, 5) is 68.8. The molecule has 1 fully saturated rings. The van der Waals surface area contributed by atoms with Crippen LogP contribution in [-0.4, -0.2) is 75.6 Å². The van der Waals surface area contributed by atoms with Crippen molar-refractivity contribution in [3.05, 3.63) is 102 Å². The van der Waals surface area contributed by atoms with Gasteiger partial charge >= 0.3 is 12.2 Å². The van der Waals surface area contributed by atoms with E-state index >= 15 is 0 Å². The third-order valence-electron chi connectivity index (χ3n) is 11.0. The van der Waals surface area contributed by atoms with Crippen molar-refractivity contribution in [3.63, 3.8) is 0 Å². The zero-order valence-electron chi connectivity index (χ0n) is 32.8. The van der Waals surface area contributed by atoms with E-state index in [1.54, 1.807) is 4.90 Å². The van der Waals surface area contributed by atoms with Crippen LogP contribution < -0.4 is 16.0 Å². The van der Waals surface area contributed by atoms with Crippen molar-refractivity contribution in [1.82, 2.24) is 40.8 Å².